The molecule has 0 radical (unpaired) electrons. The number of hydrogen-bond acceptors (Lipinski definition) is 3. The maximum Gasteiger partial charge on any atom is 0.317 e. The topological polar surface area (TPSA) is 69.3 Å². The maximum atomic E-state index is 12.3. The highest BCUT2D eigenvalue weighted by atomic mass is 16.3. The van der Waals surface area contributed by atoms with Gasteiger partial charge in [-0.05, 0) is 37.0 Å². The van der Waals surface area contributed by atoms with Crippen molar-refractivity contribution >= 4 is 6.03 Å². The van der Waals surface area contributed by atoms with Crippen LogP contribution in [0.25, 0.3) is 0 Å². The lowest BCUT2D eigenvalue weighted by Gasteiger charge is -2.37. The number of carbonyl (C=O) groups excluding carboxylic acids is 1. The van der Waals surface area contributed by atoms with E-state index >= 15 is 0 Å². The minimum Gasteiger partial charge on any atom is -0.469 e. The summed E-state index contributed by atoms with van der Waals surface area (Å²) in [6.07, 6.45) is 4.68. The van der Waals surface area contributed by atoms with E-state index in [1.54, 1.807) is 6.26 Å². The van der Waals surface area contributed by atoms with E-state index in [2.05, 4.69) is 11.4 Å². The molecule has 0 bridgehead atoms. The third-order valence-electron chi connectivity index (χ3n) is 4.90. The largest absolute Gasteiger partial charge is 0.469 e. The first kappa shape index (κ1) is 17.1. The highest BCUT2D eigenvalue weighted by Crippen LogP contribution is 2.34. The van der Waals surface area contributed by atoms with Crippen LogP contribution in [0.2, 0.25) is 0 Å². The van der Waals surface area contributed by atoms with E-state index in [9.17, 15) is 10.1 Å². The molecule has 1 aliphatic rings. The Labute approximate surface area is 148 Å². The Balaban J connectivity index is 1.46. The SMILES string of the molecule is N#CC1(c2ccccc2)CCN(C(=O)NCCCc2ccco2)CC1. The number of aryl methyl sites for hydroxylation is 1. The average Bonchev–Trinajstić information content (AvgIpc) is 3.19. The summed E-state index contributed by atoms with van der Waals surface area (Å²) in [6, 6.07) is 16.2. The van der Waals surface area contributed by atoms with Crippen molar-refractivity contribution in [2.24, 2.45) is 0 Å². The van der Waals surface area contributed by atoms with E-state index in [0.29, 0.717) is 32.5 Å². The number of nitrogens with one attached hydrogen (secondary N) is 1. The molecule has 1 saturated heterocycles. The van der Waals surface area contributed by atoms with Crippen molar-refractivity contribution in [2.75, 3.05) is 19.6 Å². The van der Waals surface area contributed by atoms with Crippen molar-refractivity contribution < 1.29 is 9.21 Å². The van der Waals surface area contributed by atoms with Gasteiger partial charge in [-0.1, -0.05) is 30.3 Å². The maximum absolute atomic E-state index is 12.3. The summed E-state index contributed by atoms with van der Waals surface area (Å²) in [7, 11) is 0. The molecule has 0 atom stereocenters. The van der Waals surface area contributed by atoms with Gasteiger partial charge in [0.15, 0.2) is 0 Å². The molecule has 1 aliphatic heterocycles. The fourth-order valence-electron chi connectivity index (χ4n) is 3.34. The van der Waals surface area contributed by atoms with Gasteiger partial charge in [0.1, 0.15) is 5.76 Å². The van der Waals surface area contributed by atoms with Crippen molar-refractivity contribution in [3.63, 3.8) is 0 Å². The third-order valence-corrected chi connectivity index (χ3v) is 4.90. The standard InChI is InChI=1S/C20H23N3O2/c21-16-20(17-6-2-1-3-7-17)10-13-23(14-11-20)19(24)22-12-4-8-18-9-5-15-25-18/h1-3,5-7,9,15H,4,8,10-14H2,(H,22,24). The Hall–Kier alpha value is -2.74. The lowest BCUT2D eigenvalue weighted by molar-refractivity contribution is 0.171. The van der Waals surface area contributed by atoms with Crippen molar-refractivity contribution in [3.05, 3.63) is 60.1 Å². The smallest absolute Gasteiger partial charge is 0.317 e. The number of rotatable bonds is 5. The minimum atomic E-state index is -0.475. The summed E-state index contributed by atoms with van der Waals surface area (Å²) < 4.78 is 5.28. The first-order valence-corrected chi connectivity index (χ1v) is 8.75. The van der Waals surface area contributed by atoms with E-state index in [1.807, 2.05) is 47.4 Å². The number of carbonyl (C=O) groups is 1. The van der Waals surface area contributed by atoms with Crippen LogP contribution in [-0.2, 0) is 11.8 Å². The summed E-state index contributed by atoms with van der Waals surface area (Å²) in [5, 5.41) is 12.7. The molecule has 5 heteroatoms. The molecule has 2 amide bonds. The summed E-state index contributed by atoms with van der Waals surface area (Å²) in [6.45, 7) is 1.83. The molecule has 0 spiro atoms. The van der Waals surface area contributed by atoms with Gasteiger partial charge in [-0.3, -0.25) is 0 Å². The molecular formula is C20H23N3O2. The molecule has 130 valence electrons. The number of furan rings is 1. The second kappa shape index (κ2) is 7.89. The van der Waals surface area contributed by atoms with Crippen LogP contribution in [0.1, 0.15) is 30.6 Å². The van der Waals surface area contributed by atoms with E-state index in [4.69, 9.17) is 4.42 Å². The quantitative estimate of drug-likeness (QED) is 0.849. The highest BCUT2D eigenvalue weighted by Gasteiger charge is 2.37. The summed E-state index contributed by atoms with van der Waals surface area (Å²) in [5.74, 6) is 0.939. The Kier molecular flexibility index (Phi) is 5.39. The molecular weight excluding hydrogens is 314 g/mol. The highest BCUT2D eigenvalue weighted by molar-refractivity contribution is 5.74. The monoisotopic (exact) mass is 337 g/mol. The minimum absolute atomic E-state index is 0.0425. The van der Waals surface area contributed by atoms with Crippen LogP contribution in [0.4, 0.5) is 4.79 Å². The van der Waals surface area contributed by atoms with Crippen molar-refractivity contribution in [2.45, 2.75) is 31.1 Å². The molecule has 0 saturated carbocycles. The van der Waals surface area contributed by atoms with Crippen LogP contribution in [0.3, 0.4) is 0 Å². The third kappa shape index (κ3) is 4.03. The van der Waals surface area contributed by atoms with Crippen molar-refractivity contribution in [3.8, 4) is 6.07 Å². The number of hydrogen-bond donors (Lipinski definition) is 1. The zero-order chi connectivity index (χ0) is 17.5. The second-order valence-corrected chi connectivity index (χ2v) is 6.46. The van der Waals surface area contributed by atoms with Gasteiger partial charge in [-0.2, -0.15) is 5.26 Å². The van der Waals surface area contributed by atoms with Gasteiger partial charge in [0, 0.05) is 26.1 Å². The van der Waals surface area contributed by atoms with Crippen LogP contribution >= 0.6 is 0 Å². The number of piperidine rings is 1. The van der Waals surface area contributed by atoms with Gasteiger partial charge in [0.25, 0.3) is 0 Å². The lowest BCUT2D eigenvalue weighted by Crippen LogP contribution is -2.48. The first-order chi connectivity index (χ1) is 12.2. The number of benzene rings is 1. The number of amides is 2. The van der Waals surface area contributed by atoms with Gasteiger partial charge < -0.3 is 14.6 Å². The summed E-state index contributed by atoms with van der Waals surface area (Å²) in [4.78, 5) is 14.1. The Morgan fingerprint density at radius 1 is 1.20 bits per heavy atom. The average molecular weight is 337 g/mol. The molecule has 1 aromatic carbocycles. The van der Waals surface area contributed by atoms with E-state index in [-0.39, 0.29) is 6.03 Å². The van der Waals surface area contributed by atoms with Gasteiger partial charge in [0.05, 0.1) is 17.7 Å². The normalized spacial score (nSPS) is 16.2. The van der Waals surface area contributed by atoms with Crippen LogP contribution in [0, 0.1) is 11.3 Å². The van der Waals surface area contributed by atoms with E-state index in [1.165, 1.54) is 0 Å². The lowest BCUT2D eigenvalue weighted by atomic mass is 9.74. The molecule has 1 N–H and O–H groups in total. The Morgan fingerprint density at radius 3 is 2.60 bits per heavy atom. The van der Waals surface area contributed by atoms with Gasteiger partial charge in [-0.15, -0.1) is 0 Å². The number of urea groups is 1. The molecule has 1 aromatic heterocycles. The summed E-state index contributed by atoms with van der Waals surface area (Å²) in [5.41, 5.74) is 0.577. The van der Waals surface area contributed by atoms with Gasteiger partial charge in [0.2, 0.25) is 0 Å². The number of nitrogens with zero attached hydrogens (tertiary/aromatic N) is 2. The van der Waals surface area contributed by atoms with Crippen LogP contribution < -0.4 is 5.32 Å². The molecule has 5 nitrogen and oxygen atoms in total. The fraction of sp³-hybridized carbons (Fsp3) is 0.400. The van der Waals surface area contributed by atoms with Crippen molar-refractivity contribution in [1.82, 2.24) is 10.2 Å². The second-order valence-electron chi connectivity index (χ2n) is 6.46. The molecule has 0 aliphatic carbocycles. The van der Waals surface area contributed by atoms with Gasteiger partial charge in [-0.25, -0.2) is 4.79 Å². The molecule has 1 fully saturated rings. The molecule has 3 rings (SSSR count). The van der Waals surface area contributed by atoms with Crippen LogP contribution in [-0.4, -0.2) is 30.6 Å². The Bertz CT molecular complexity index is 711. The number of nitriles is 1. The fourth-order valence-corrected chi connectivity index (χ4v) is 3.34. The molecule has 0 unspecified atom stereocenters. The van der Waals surface area contributed by atoms with E-state index in [0.717, 1.165) is 24.2 Å². The predicted molar refractivity (Wildman–Crippen MR) is 95.0 cm³/mol. The van der Waals surface area contributed by atoms with Crippen LogP contribution in [0.15, 0.2) is 53.1 Å². The molecule has 2 heterocycles. The Morgan fingerprint density at radius 2 is 1.96 bits per heavy atom. The van der Waals surface area contributed by atoms with Gasteiger partial charge >= 0.3 is 6.03 Å². The van der Waals surface area contributed by atoms with Crippen molar-refractivity contribution in [1.29, 1.82) is 5.26 Å². The van der Waals surface area contributed by atoms with Crippen LogP contribution in [0.5, 0.6) is 0 Å². The van der Waals surface area contributed by atoms with E-state index < -0.39 is 5.41 Å². The zero-order valence-electron chi connectivity index (χ0n) is 14.3. The molecule has 2 aromatic rings. The first-order valence-electron chi connectivity index (χ1n) is 8.75. The zero-order valence-corrected chi connectivity index (χ0v) is 14.3. The summed E-state index contributed by atoms with van der Waals surface area (Å²) >= 11 is 0. The predicted octanol–water partition coefficient (Wildman–Crippen LogP) is 3.48. The molecule has 25 heavy (non-hydrogen) atoms. The number of likely N-dealkylation sites (tertiary alicyclic amines) is 1.